The fraction of sp³-hybridized carbons (Fsp3) is 0.364. The Kier molecular flexibility index (Phi) is 5.83. The Morgan fingerprint density at radius 3 is 2.81 bits per heavy atom. The first-order valence-electron chi connectivity index (χ1n) is 9.86. The summed E-state index contributed by atoms with van der Waals surface area (Å²) < 4.78 is 47.7. The zero-order valence-electron chi connectivity index (χ0n) is 17.0. The number of alkyl halides is 3. The summed E-state index contributed by atoms with van der Waals surface area (Å²) in [7, 11) is 0. The highest BCUT2D eigenvalue weighted by Crippen LogP contribution is 2.33. The maximum Gasteiger partial charge on any atom is 0.416 e. The SMILES string of the molecule is Cc1c(Cn2cc(Br)c(=O)c3ncc(N4CCO[C@H](C)C4)cc32)cccc1C(F)(F)F. The average molecular weight is 496 g/mol. The van der Waals surface area contributed by atoms with E-state index in [9.17, 15) is 18.0 Å². The number of rotatable bonds is 3. The third kappa shape index (κ3) is 4.34. The van der Waals surface area contributed by atoms with Gasteiger partial charge in [-0.3, -0.25) is 4.79 Å². The number of morpholine rings is 1. The van der Waals surface area contributed by atoms with E-state index in [-0.39, 0.29) is 29.2 Å². The molecular formula is C22H21BrF3N3O2. The second-order valence-corrected chi connectivity index (χ2v) is 8.56. The van der Waals surface area contributed by atoms with Gasteiger partial charge in [-0.2, -0.15) is 13.2 Å². The van der Waals surface area contributed by atoms with Crippen LogP contribution in [-0.4, -0.2) is 35.4 Å². The quantitative estimate of drug-likeness (QED) is 0.525. The molecule has 5 nitrogen and oxygen atoms in total. The topological polar surface area (TPSA) is 47.4 Å². The van der Waals surface area contributed by atoms with E-state index in [1.54, 1.807) is 23.0 Å². The lowest BCUT2D eigenvalue weighted by molar-refractivity contribution is -0.138. The van der Waals surface area contributed by atoms with E-state index in [0.717, 1.165) is 11.8 Å². The Bertz CT molecular complexity index is 1190. The standard InChI is InChI=1S/C22H21BrF3N3O2/c1-13-10-28(6-7-31-13)16-8-19-20(27-9-16)21(30)18(23)12-29(19)11-15-4-3-5-17(14(15)2)22(24,25)26/h3-5,8-9,12-13H,6-7,10-11H2,1-2H3/t13-/m1/s1. The van der Waals surface area contributed by atoms with Crippen LogP contribution in [0.15, 0.2) is 45.9 Å². The molecule has 0 saturated carbocycles. The Hall–Kier alpha value is -2.39. The van der Waals surface area contributed by atoms with Gasteiger partial charge < -0.3 is 14.2 Å². The Morgan fingerprint density at radius 1 is 1.32 bits per heavy atom. The first-order chi connectivity index (χ1) is 14.6. The number of nitrogens with zero attached hydrogens (tertiary/aromatic N) is 3. The van der Waals surface area contributed by atoms with Crippen molar-refractivity contribution in [1.29, 1.82) is 0 Å². The highest BCUT2D eigenvalue weighted by molar-refractivity contribution is 9.10. The Morgan fingerprint density at radius 2 is 2.10 bits per heavy atom. The molecule has 164 valence electrons. The van der Waals surface area contributed by atoms with Gasteiger partial charge in [-0.15, -0.1) is 0 Å². The Labute approximate surface area is 185 Å². The molecule has 2 aromatic heterocycles. The summed E-state index contributed by atoms with van der Waals surface area (Å²) in [5.74, 6) is 0. The van der Waals surface area contributed by atoms with E-state index in [2.05, 4.69) is 25.8 Å². The lowest BCUT2D eigenvalue weighted by Gasteiger charge is -2.32. The van der Waals surface area contributed by atoms with Gasteiger partial charge in [0.2, 0.25) is 5.43 Å². The predicted molar refractivity (Wildman–Crippen MR) is 117 cm³/mol. The first kappa shape index (κ1) is 21.8. The van der Waals surface area contributed by atoms with Crippen LogP contribution in [0.5, 0.6) is 0 Å². The summed E-state index contributed by atoms with van der Waals surface area (Å²) in [6.45, 7) is 5.62. The van der Waals surface area contributed by atoms with Crippen LogP contribution in [0.3, 0.4) is 0 Å². The maximum absolute atomic E-state index is 13.3. The molecule has 4 rings (SSSR count). The van der Waals surface area contributed by atoms with Crippen molar-refractivity contribution in [3.63, 3.8) is 0 Å². The third-order valence-corrected chi connectivity index (χ3v) is 6.13. The van der Waals surface area contributed by atoms with Crippen molar-refractivity contribution >= 4 is 32.7 Å². The molecule has 0 amide bonds. The summed E-state index contributed by atoms with van der Waals surface area (Å²) in [4.78, 5) is 19.1. The molecule has 0 N–H and O–H groups in total. The third-order valence-electron chi connectivity index (χ3n) is 5.56. The highest BCUT2D eigenvalue weighted by atomic mass is 79.9. The van der Waals surface area contributed by atoms with E-state index in [1.807, 2.05) is 13.0 Å². The van der Waals surface area contributed by atoms with Crippen molar-refractivity contribution in [3.05, 3.63) is 68.0 Å². The van der Waals surface area contributed by atoms with Crippen LogP contribution in [0.1, 0.15) is 23.6 Å². The van der Waals surface area contributed by atoms with E-state index >= 15 is 0 Å². The minimum absolute atomic E-state index is 0.0734. The van der Waals surface area contributed by atoms with Gasteiger partial charge in [0.15, 0.2) is 0 Å². The molecule has 9 heteroatoms. The second kappa shape index (κ2) is 8.27. The van der Waals surface area contributed by atoms with Gasteiger partial charge >= 0.3 is 6.18 Å². The zero-order valence-corrected chi connectivity index (χ0v) is 18.6. The lowest BCUT2D eigenvalue weighted by Crippen LogP contribution is -2.41. The number of hydrogen-bond acceptors (Lipinski definition) is 4. The number of anilines is 1. The number of benzene rings is 1. The molecular weight excluding hydrogens is 475 g/mol. The van der Waals surface area contributed by atoms with E-state index in [1.165, 1.54) is 13.0 Å². The monoisotopic (exact) mass is 495 g/mol. The number of halogens is 4. The number of fused-ring (bicyclic) bond motifs is 1. The van der Waals surface area contributed by atoms with Gasteiger partial charge in [0.25, 0.3) is 0 Å². The molecule has 1 aromatic carbocycles. The molecule has 0 aliphatic carbocycles. The van der Waals surface area contributed by atoms with Crippen molar-refractivity contribution in [3.8, 4) is 0 Å². The van der Waals surface area contributed by atoms with Crippen molar-refractivity contribution < 1.29 is 17.9 Å². The zero-order chi connectivity index (χ0) is 22.3. The summed E-state index contributed by atoms with van der Waals surface area (Å²) in [5.41, 5.74) is 1.47. The number of pyridine rings is 2. The van der Waals surface area contributed by atoms with Crippen LogP contribution in [0.25, 0.3) is 11.0 Å². The van der Waals surface area contributed by atoms with Gasteiger partial charge in [-0.1, -0.05) is 12.1 Å². The number of ether oxygens (including phenoxy) is 1. The minimum atomic E-state index is -4.42. The van der Waals surface area contributed by atoms with Crippen LogP contribution in [0.2, 0.25) is 0 Å². The first-order valence-corrected chi connectivity index (χ1v) is 10.7. The van der Waals surface area contributed by atoms with E-state index in [0.29, 0.717) is 35.2 Å². The molecule has 1 fully saturated rings. The summed E-state index contributed by atoms with van der Waals surface area (Å²) in [6, 6.07) is 6.03. The van der Waals surface area contributed by atoms with E-state index < -0.39 is 11.7 Å². The molecule has 3 aromatic rings. The molecule has 0 bridgehead atoms. The van der Waals surface area contributed by atoms with Crippen molar-refractivity contribution in [2.75, 3.05) is 24.6 Å². The van der Waals surface area contributed by atoms with Gasteiger partial charge in [-0.05, 0) is 53.0 Å². The fourth-order valence-corrected chi connectivity index (χ4v) is 4.35. The molecule has 3 heterocycles. The van der Waals surface area contributed by atoms with Gasteiger partial charge in [0.1, 0.15) is 5.52 Å². The maximum atomic E-state index is 13.3. The van der Waals surface area contributed by atoms with E-state index in [4.69, 9.17) is 4.74 Å². The Balaban J connectivity index is 1.81. The molecule has 0 spiro atoms. The molecule has 0 radical (unpaired) electrons. The van der Waals surface area contributed by atoms with Crippen molar-refractivity contribution in [2.24, 2.45) is 0 Å². The molecule has 1 saturated heterocycles. The van der Waals surface area contributed by atoms with Crippen LogP contribution in [0.4, 0.5) is 18.9 Å². The molecule has 1 aliphatic rings. The van der Waals surface area contributed by atoms with Gasteiger partial charge in [0.05, 0.1) is 40.1 Å². The van der Waals surface area contributed by atoms with Crippen LogP contribution < -0.4 is 10.3 Å². The van der Waals surface area contributed by atoms with Gasteiger partial charge in [-0.25, -0.2) is 4.98 Å². The van der Waals surface area contributed by atoms with Crippen LogP contribution >= 0.6 is 15.9 Å². The normalized spacial score (nSPS) is 17.4. The summed E-state index contributed by atoms with van der Waals surface area (Å²) in [5, 5.41) is 0. The van der Waals surface area contributed by atoms with Gasteiger partial charge in [0, 0.05) is 25.8 Å². The smallest absolute Gasteiger partial charge is 0.375 e. The number of hydrogen-bond donors (Lipinski definition) is 0. The molecule has 0 unspecified atom stereocenters. The summed E-state index contributed by atoms with van der Waals surface area (Å²) in [6.07, 6.45) is -1.08. The van der Waals surface area contributed by atoms with Crippen LogP contribution in [-0.2, 0) is 17.5 Å². The predicted octanol–water partition coefficient (Wildman–Crippen LogP) is 4.76. The second-order valence-electron chi connectivity index (χ2n) is 7.71. The minimum Gasteiger partial charge on any atom is -0.375 e. The van der Waals surface area contributed by atoms with Crippen LogP contribution in [0, 0.1) is 6.92 Å². The number of aromatic nitrogens is 2. The van der Waals surface area contributed by atoms with Crippen molar-refractivity contribution in [2.45, 2.75) is 32.7 Å². The highest BCUT2D eigenvalue weighted by Gasteiger charge is 2.32. The molecule has 1 atom stereocenters. The summed E-state index contributed by atoms with van der Waals surface area (Å²) >= 11 is 3.27. The average Bonchev–Trinajstić information content (AvgIpc) is 2.72. The van der Waals surface area contributed by atoms with Crippen molar-refractivity contribution in [1.82, 2.24) is 9.55 Å². The fourth-order valence-electron chi connectivity index (χ4n) is 3.92. The largest absolute Gasteiger partial charge is 0.416 e. The molecule has 31 heavy (non-hydrogen) atoms. The lowest BCUT2D eigenvalue weighted by atomic mass is 10.0. The molecule has 1 aliphatic heterocycles.